The van der Waals surface area contributed by atoms with E-state index in [-0.39, 0.29) is 5.91 Å². The minimum absolute atomic E-state index is 0.100. The van der Waals surface area contributed by atoms with Crippen molar-refractivity contribution in [2.45, 2.75) is 18.5 Å². The fourth-order valence-corrected chi connectivity index (χ4v) is 2.46. The Labute approximate surface area is 113 Å². The number of fused-ring (bicyclic) bond motifs is 1. The van der Waals surface area contributed by atoms with Crippen molar-refractivity contribution in [2.75, 3.05) is 0 Å². The Balaban J connectivity index is 1.95. The molecule has 0 radical (unpaired) electrons. The molecule has 92 valence electrons. The van der Waals surface area contributed by atoms with Crippen LogP contribution in [0, 0.1) is 0 Å². The second kappa shape index (κ2) is 4.07. The van der Waals surface area contributed by atoms with Crippen LogP contribution in [0.5, 0.6) is 0 Å². The maximum Gasteiger partial charge on any atom is 0.252 e. The molecule has 0 saturated heterocycles. The number of hydrogen-bond acceptors (Lipinski definition) is 2. The normalized spacial score (nSPS) is 16.6. The zero-order valence-electron chi connectivity index (χ0n) is 9.74. The summed E-state index contributed by atoms with van der Waals surface area (Å²) in [6, 6.07) is 11.6. The molecule has 1 fully saturated rings. The Morgan fingerprint density at radius 2 is 2.06 bits per heavy atom. The van der Waals surface area contributed by atoms with Crippen LogP contribution in [0.1, 0.15) is 23.2 Å². The summed E-state index contributed by atoms with van der Waals surface area (Å²) in [4.78, 5) is 12.0. The summed E-state index contributed by atoms with van der Waals surface area (Å²) in [6.07, 6.45) is 1.72. The van der Waals surface area contributed by atoms with Gasteiger partial charge < -0.3 is 11.1 Å². The first kappa shape index (κ1) is 11.7. The summed E-state index contributed by atoms with van der Waals surface area (Å²) in [6.45, 7) is 0. The maximum atomic E-state index is 12.0. The molecular weight excluding hydrogens is 292 g/mol. The minimum atomic E-state index is -0.469. The van der Waals surface area contributed by atoms with E-state index in [2.05, 4.69) is 21.2 Å². The van der Waals surface area contributed by atoms with Gasteiger partial charge in [-0.25, -0.2) is 0 Å². The minimum Gasteiger partial charge on any atom is -0.334 e. The average Bonchev–Trinajstić information content (AvgIpc) is 3.06. The molecule has 2 aromatic carbocycles. The Morgan fingerprint density at radius 1 is 1.28 bits per heavy atom. The van der Waals surface area contributed by atoms with Crippen LogP contribution in [0.25, 0.3) is 10.8 Å². The van der Waals surface area contributed by atoms with Gasteiger partial charge in [0.25, 0.3) is 5.91 Å². The molecule has 3 nitrogen and oxygen atoms in total. The highest BCUT2D eigenvalue weighted by molar-refractivity contribution is 9.10. The summed E-state index contributed by atoms with van der Waals surface area (Å²) >= 11 is 3.50. The summed E-state index contributed by atoms with van der Waals surface area (Å²) in [7, 11) is 0. The summed E-state index contributed by atoms with van der Waals surface area (Å²) in [5.74, 6) is -0.100. The molecule has 2 aromatic rings. The lowest BCUT2D eigenvalue weighted by Gasteiger charge is -2.12. The number of rotatable bonds is 2. The first-order valence-corrected chi connectivity index (χ1v) is 6.66. The van der Waals surface area contributed by atoms with Crippen LogP contribution in [0.2, 0.25) is 0 Å². The van der Waals surface area contributed by atoms with Gasteiger partial charge in [0.1, 0.15) is 0 Å². The SMILES string of the molecule is NC1(NC(=O)c2ccc3c(Br)cccc3c2)CC1. The molecule has 1 saturated carbocycles. The molecule has 0 aliphatic heterocycles. The highest BCUT2D eigenvalue weighted by Crippen LogP contribution is 2.29. The molecule has 0 bridgehead atoms. The van der Waals surface area contributed by atoms with Gasteiger partial charge in [0.2, 0.25) is 0 Å². The van der Waals surface area contributed by atoms with Crippen molar-refractivity contribution < 1.29 is 4.79 Å². The fraction of sp³-hybridized carbons (Fsp3) is 0.214. The lowest BCUT2D eigenvalue weighted by atomic mass is 10.1. The van der Waals surface area contributed by atoms with Gasteiger partial charge >= 0.3 is 0 Å². The average molecular weight is 305 g/mol. The van der Waals surface area contributed by atoms with Crippen molar-refractivity contribution >= 4 is 32.6 Å². The van der Waals surface area contributed by atoms with E-state index < -0.39 is 5.66 Å². The lowest BCUT2D eigenvalue weighted by Crippen LogP contribution is -2.43. The van der Waals surface area contributed by atoms with Crippen molar-refractivity contribution in [3.05, 3.63) is 46.4 Å². The van der Waals surface area contributed by atoms with Crippen LogP contribution in [-0.2, 0) is 0 Å². The van der Waals surface area contributed by atoms with Crippen LogP contribution >= 0.6 is 15.9 Å². The number of carbonyl (C=O) groups excluding carboxylic acids is 1. The van der Waals surface area contributed by atoms with Crippen molar-refractivity contribution in [1.82, 2.24) is 5.32 Å². The van der Waals surface area contributed by atoms with E-state index in [4.69, 9.17) is 5.73 Å². The number of hydrogen-bond donors (Lipinski definition) is 2. The van der Waals surface area contributed by atoms with E-state index in [1.165, 1.54) is 0 Å². The highest BCUT2D eigenvalue weighted by atomic mass is 79.9. The number of benzene rings is 2. The third-order valence-electron chi connectivity index (χ3n) is 3.24. The standard InChI is InChI=1S/C14H13BrN2O/c15-12-3-1-2-9-8-10(4-5-11(9)12)13(18)17-14(16)6-7-14/h1-5,8H,6-7,16H2,(H,17,18). The molecule has 1 aliphatic carbocycles. The number of halogens is 1. The van der Waals surface area contributed by atoms with Crippen LogP contribution in [0.4, 0.5) is 0 Å². The largest absolute Gasteiger partial charge is 0.334 e. The van der Waals surface area contributed by atoms with Gasteiger partial charge in [0.15, 0.2) is 0 Å². The third kappa shape index (κ3) is 2.13. The zero-order valence-corrected chi connectivity index (χ0v) is 11.3. The van der Waals surface area contributed by atoms with Crippen molar-refractivity contribution in [3.8, 4) is 0 Å². The first-order chi connectivity index (χ1) is 8.57. The van der Waals surface area contributed by atoms with Gasteiger partial charge in [-0.3, -0.25) is 4.79 Å². The topological polar surface area (TPSA) is 55.1 Å². The highest BCUT2D eigenvalue weighted by Gasteiger charge is 2.39. The zero-order chi connectivity index (χ0) is 12.8. The van der Waals surface area contributed by atoms with Gasteiger partial charge in [-0.15, -0.1) is 0 Å². The second-order valence-electron chi connectivity index (χ2n) is 4.79. The molecule has 0 aromatic heterocycles. The van der Waals surface area contributed by atoms with E-state index in [9.17, 15) is 4.79 Å². The first-order valence-electron chi connectivity index (χ1n) is 5.87. The Hall–Kier alpha value is -1.39. The van der Waals surface area contributed by atoms with E-state index >= 15 is 0 Å². The van der Waals surface area contributed by atoms with Crippen LogP contribution in [-0.4, -0.2) is 11.6 Å². The molecule has 0 heterocycles. The monoisotopic (exact) mass is 304 g/mol. The van der Waals surface area contributed by atoms with Crippen LogP contribution < -0.4 is 11.1 Å². The number of nitrogens with two attached hydrogens (primary N) is 1. The smallest absolute Gasteiger partial charge is 0.252 e. The van der Waals surface area contributed by atoms with Crippen molar-refractivity contribution in [2.24, 2.45) is 5.73 Å². The molecule has 0 atom stereocenters. The lowest BCUT2D eigenvalue weighted by molar-refractivity contribution is 0.0933. The van der Waals surface area contributed by atoms with Crippen molar-refractivity contribution in [1.29, 1.82) is 0 Å². The molecule has 3 rings (SSSR count). The Bertz CT molecular complexity index is 635. The fourth-order valence-electron chi connectivity index (χ4n) is 1.94. The molecular formula is C14H13BrN2O. The summed E-state index contributed by atoms with van der Waals surface area (Å²) < 4.78 is 1.03. The number of nitrogens with one attached hydrogen (secondary N) is 1. The molecule has 1 aliphatic rings. The van der Waals surface area contributed by atoms with Gasteiger partial charge in [0, 0.05) is 10.0 Å². The van der Waals surface area contributed by atoms with Crippen LogP contribution in [0.3, 0.4) is 0 Å². The van der Waals surface area contributed by atoms with Gasteiger partial charge in [0.05, 0.1) is 5.66 Å². The molecule has 1 amide bonds. The van der Waals surface area contributed by atoms with E-state index in [0.29, 0.717) is 5.56 Å². The predicted octanol–water partition coefficient (Wildman–Crippen LogP) is 2.78. The molecule has 4 heteroatoms. The van der Waals surface area contributed by atoms with Crippen molar-refractivity contribution in [3.63, 3.8) is 0 Å². The quantitative estimate of drug-likeness (QED) is 0.838. The van der Waals surface area contributed by atoms with Gasteiger partial charge in [-0.1, -0.05) is 34.1 Å². The Kier molecular flexibility index (Phi) is 2.64. The van der Waals surface area contributed by atoms with Crippen LogP contribution in [0.15, 0.2) is 40.9 Å². The van der Waals surface area contributed by atoms with E-state index in [0.717, 1.165) is 28.1 Å². The third-order valence-corrected chi connectivity index (χ3v) is 3.93. The van der Waals surface area contributed by atoms with Gasteiger partial charge in [-0.05, 0) is 41.8 Å². The molecule has 0 unspecified atom stereocenters. The van der Waals surface area contributed by atoms with E-state index in [1.54, 1.807) is 0 Å². The Morgan fingerprint density at radius 3 is 2.78 bits per heavy atom. The predicted molar refractivity (Wildman–Crippen MR) is 75.3 cm³/mol. The summed E-state index contributed by atoms with van der Waals surface area (Å²) in [5, 5.41) is 4.99. The second-order valence-corrected chi connectivity index (χ2v) is 5.64. The number of amides is 1. The van der Waals surface area contributed by atoms with E-state index in [1.807, 2.05) is 36.4 Å². The maximum absolute atomic E-state index is 12.0. The summed E-state index contributed by atoms with van der Waals surface area (Å²) in [5.41, 5.74) is 6.06. The van der Waals surface area contributed by atoms with Gasteiger partial charge in [-0.2, -0.15) is 0 Å². The molecule has 3 N–H and O–H groups in total. The number of carbonyl (C=O) groups is 1. The molecule has 18 heavy (non-hydrogen) atoms. The molecule has 0 spiro atoms.